The highest BCUT2D eigenvalue weighted by molar-refractivity contribution is 7.12. The van der Waals surface area contributed by atoms with Crippen LogP contribution in [0.15, 0.2) is 47.8 Å². The number of carbonyl (C=O) groups is 2. The van der Waals surface area contributed by atoms with Crippen LogP contribution in [0.3, 0.4) is 0 Å². The molecule has 1 heterocycles. The Labute approximate surface area is 139 Å². The zero-order chi connectivity index (χ0) is 16.7. The SMILES string of the molecule is CC(NC(=O)c1cccs1)C(=O)N(CCO)Cc1ccccc1. The Kier molecular flexibility index (Phi) is 6.31. The van der Waals surface area contributed by atoms with Gasteiger partial charge in [0, 0.05) is 13.1 Å². The van der Waals surface area contributed by atoms with Crippen molar-refractivity contribution in [1.82, 2.24) is 10.2 Å². The van der Waals surface area contributed by atoms with Crippen LogP contribution in [0.1, 0.15) is 22.2 Å². The zero-order valence-electron chi connectivity index (χ0n) is 12.9. The maximum atomic E-state index is 12.5. The number of carbonyl (C=O) groups excluding carboxylic acids is 2. The summed E-state index contributed by atoms with van der Waals surface area (Å²) in [6, 6.07) is 12.4. The fourth-order valence-corrected chi connectivity index (χ4v) is 2.83. The van der Waals surface area contributed by atoms with Crippen LogP contribution in [0.4, 0.5) is 0 Å². The molecule has 2 amide bonds. The minimum Gasteiger partial charge on any atom is -0.395 e. The minimum atomic E-state index is -0.653. The summed E-state index contributed by atoms with van der Waals surface area (Å²) in [7, 11) is 0. The van der Waals surface area contributed by atoms with Crippen molar-refractivity contribution < 1.29 is 14.7 Å². The second kappa shape index (κ2) is 8.45. The van der Waals surface area contributed by atoms with Crippen molar-refractivity contribution in [3.63, 3.8) is 0 Å². The Balaban J connectivity index is 2.00. The molecule has 0 saturated carbocycles. The molecule has 0 fully saturated rings. The fraction of sp³-hybridized carbons (Fsp3) is 0.294. The Morgan fingerprint density at radius 2 is 1.96 bits per heavy atom. The van der Waals surface area contributed by atoms with Crippen molar-refractivity contribution in [2.24, 2.45) is 0 Å². The molecular weight excluding hydrogens is 312 g/mol. The van der Waals surface area contributed by atoms with Gasteiger partial charge in [0.1, 0.15) is 6.04 Å². The number of rotatable bonds is 7. The first-order chi connectivity index (χ1) is 11.1. The topological polar surface area (TPSA) is 69.6 Å². The number of aliphatic hydroxyl groups is 1. The average Bonchev–Trinajstić information content (AvgIpc) is 3.09. The molecule has 5 nitrogen and oxygen atoms in total. The van der Waals surface area contributed by atoms with Crippen molar-refractivity contribution in [2.45, 2.75) is 19.5 Å². The molecule has 0 bridgehead atoms. The Morgan fingerprint density at radius 1 is 1.22 bits per heavy atom. The first kappa shape index (κ1) is 17.2. The molecule has 1 aromatic heterocycles. The fourth-order valence-electron chi connectivity index (χ4n) is 2.20. The van der Waals surface area contributed by atoms with E-state index >= 15 is 0 Å². The quantitative estimate of drug-likeness (QED) is 0.813. The maximum absolute atomic E-state index is 12.5. The van der Waals surface area contributed by atoms with Crippen LogP contribution in [0.25, 0.3) is 0 Å². The molecule has 1 unspecified atom stereocenters. The number of thiophene rings is 1. The van der Waals surface area contributed by atoms with E-state index in [9.17, 15) is 14.7 Å². The summed E-state index contributed by atoms with van der Waals surface area (Å²) in [6.45, 7) is 2.17. The van der Waals surface area contributed by atoms with Crippen molar-refractivity contribution >= 4 is 23.2 Å². The predicted octanol–water partition coefficient (Wildman–Crippen LogP) is 1.89. The van der Waals surface area contributed by atoms with Crippen molar-refractivity contribution in [3.05, 3.63) is 58.3 Å². The monoisotopic (exact) mass is 332 g/mol. The number of benzene rings is 1. The molecule has 0 aliphatic heterocycles. The van der Waals surface area contributed by atoms with E-state index in [1.807, 2.05) is 35.7 Å². The Hall–Kier alpha value is -2.18. The first-order valence-electron chi connectivity index (χ1n) is 7.39. The van der Waals surface area contributed by atoms with E-state index in [2.05, 4.69) is 5.32 Å². The van der Waals surface area contributed by atoms with E-state index in [0.717, 1.165) is 5.56 Å². The van der Waals surface area contributed by atoms with Crippen LogP contribution in [-0.4, -0.2) is 41.0 Å². The smallest absolute Gasteiger partial charge is 0.261 e. The molecule has 23 heavy (non-hydrogen) atoms. The minimum absolute atomic E-state index is 0.121. The van der Waals surface area contributed by atoms with Gasteiger partial charge >= 0.3 is 0 Å². The molecule has 0 aliphatic rings. The van der Waals surface area contributed by atoms with Gasteiger partial charge in [0.15, 0.2) is 0 Å². The standard InChI is InChI=1S/C17H20N2O3S/c1-13(18-16(21)15-8-5-11-23-15)17(22)19(9-10-20)12-14-6-3-2-4-7-14/h2-8,11,13,20H,9-10,12H2,1H3,(H,18,21). The number of amides is 2. The maximum Gasteiger partial charge on any atom is 0.261 e. The lowest BCUT2D eigenvalue weighted by Gasteiger charge is -2.25. The molecule has 0 saturated heterocycles. The van der Waals surface area contributed by atoms with Gasteiger partial charge in [-0.05, 0) is 23.9 Å². The van der Waals surface area contributed by atoms with Crippen LogP contribution < -0.4 is 5.32 Å². The van der Waals surface area contributed by atoms with Gasteiger partial charge in [-0.2, -0.15) is 0 Å². The number of aliphatic hydroxyl groups excluding tert-OH is 1. The van der Waals surface area contributed by atoms with Crippen LogP contribution in [0, 0.1) is 0 Å². The third-order valence-electron chi connectivity index (χ3n) is 3.36. The van der Waals surface area contributed by atoms with E-state index in [0.29, 0.717) is 11.4 Å². The van der Waals surface area contributed by atoms with Gasteiger partial charge in [0.05, 0.1) is 11.5 Å². The third-order valence-corrected chi connectivity index (χ3v) is 4.23. The van der Waals surface area contributed by atoms with Gasteiger partial charge in [-0.1, -0.05) is 36.4 Å². The van der Waals surface area contributed by atoms with E-state index in [1.165, 1.54) is 11.3 Å². The van der Waals surface area contributed by atoms with Crippen LogP contribution >= 0.6 is 11.3 Å². The van der Waals surface area contributed by atoms with Crippen molar-refractivity contribution in [3.8, 4) is 0 Å². The summed E-state index contributed by atoms with van der Waals surface area (Å²) < 4.78 is 0. The van der Waals surface area contributed by atoms with E-state index in [4.69, 9.17) is 0 Å². The molecule has 1 aromatic carbocycles. The van der Waals surface area contributed by atoms with Gasteiger partial charge < -0.3 is 15.3 Å². The van der Waals surface area contributed by atoms with Crippen molar-refractivity contribution in [2.75, 3.05) is 13.2 Å². The molecule has 2 rings (SSSR count). The molecule has 2 aromatic rings. The molecule has 0 spiro atoms. The Morgan fingerprint density at radius 3 is 2.57 bits per heavy atom. The normalized spacial score (nSPS) is 11.7. The highest BCUT2D eigenvalue weighted by Gasteiger charge is 2.22. The van der Waals surface area contributed by atoms with E-state index in [1.54, 1.807) is 24.0 Å². The number of nitrogens with one attached hydrogen (secondary N) is 1. The summed E-state index contributed by atoms with van der Waals surface area (Å²) in [5, 5.41) is 13.7. The highest BCUT2D eigenvalue weighted by atomic mass is 32.1. The molecular formula is C17H20N2O3S. The van der Waals surface area contributed by atoms with Gasteiger partial charge in [0.25, 0.3) is 5.91 Å². The molecule has 2 N–H and O–H groups in total. The van der Waals surface area contributed by atoms with Gasteiger partial charge in [-0.25, -0.2) is 0 Å². The third kappa shape index (κ3) is 4.91. The number of hydrogen-bond donors (Lipinski definition) is 2. The van der Waals surface area contributed by atoms with Crippen LogP contribution in [0.5, 0.6) is 0 Å². The van der Waals surface area contributed by atoms with Crippen molar-refractivity contribution in [1.29, 1.82) is 0 Å². The molecule has 122 valence electrons. The second-order valence-electron chi connectivity index (χ2n) is 5.14. The zero-order valence-corrected chi connectivity index (χ0v) is 13.8. The lowest BCUT2D eigenvalue weighted by Crippen LogP contribution is -2.47. The van der Waals surface area contributed by atoms with Gasteiger partial charge in [0.2, 0.25) is 5.91 Å². The lowest BCUT2D eigenvalue weighted by atomic mass is 10.2. The van der Waals surface area contributed by atoms with Crippen LogP contribution in [-0.2, 0) is 11.3 Å². The average molecular weight is 332 g/mol. The number of nitrogens with zero attached hydrogens (tertiary/aromatic N) is 1. The molecule has 6 heteroatoms. The van der Waals surface area contributed by atoms with E-state index < -0.39 is 6.04 Å². The van der Waals surface area contributed by atoms with Gasteiger partial charge in [-0.3, -0.25) is 9.59 Å². The first-order valence-corrected chi connectivity index (χ1v) is 8.27. The van der Waals surface area contributed by atoms with E-state index in [-0.39, 0.29) is 25.0 Å². The second-order valence-corrected chi connectivity index (χ2v) is 6.09. The molecule has 0 aliphatic carbocycles. The Bertz CT molecular complexity index is 629. The van der Waals surface area contributed by atoms with Crippen LogP contribution in [0.2, 0.25) is 0 Å². The summed E-state index contributed by atoms with van der Waals surface area (Å²) in [5.74, 6) is -0.475. The molecule has 1 atom stereocenters. The summed E-state index contributed by atoms with van der Waals surface area (Å²) in [4.78, 5) is 26.7. The lowest BCUT2D eigenvalue weighted by molar-refractivity contribution is -0.134. The number of hydrogen-bond acceptors (Lipinski definition) is 4. The summed E-state index contributed by atoms with van der Waals surface area (Å²) in [6.07, 6.45) is 0. The molecule has 0 radical (unpaired) electrons. The summed E-state index contributed by atoms with van der Waals surface area (Å²) in [5.41, 5.74) is 0.978. The largest absolute Gasteiger partial charge is 0.395 e. The summed E-state index contributed by atoms with van der Waals surface area (Å²) >= 11 is 1.33. The van der Waals surface area contributed by atoms with Gasteiger partial charge in [-0.15, -0.1) is 11.3 Å². The highest BCUT2D eigenvalue weighted by Crippen LogP contribution is 2.10. The predicted molar refractivity (Wildman–Crippen MR) is 90.2 cm³/mol.